The molecule has 7 heteroatoms. The minimum absolute atomic E-state index is 0.196. The molecule has 0 unspecified atom stereocenters. The second-order valence-corrected chi connectivity index (χ2v) is 5.73. The average molecular weight is 344 g/mol. The van der Waals surface area contributed by atoms with Crippen LogP contribution in [-0.2, 0) is 0 Å². The summed E-state index contributed by atoms with van der Waals surface area (Å²) >= 11 is 0. The van der Waals surface area contributed by atoms with E-state index in [0.717, 1.165) is 17.1 Å². The van der Waals surface area contributed by atoms with Crippen molar-refractivity contribution in [2.45, 2.75) is 6.92 Å². The van der Waals surface area contributed by atoms with Gasteiger partial charge in [0, 0.05) is 5.69 Å². The van der Waals surface area contributed by atoms with E-state index in [1.807, 2.05) is 61.5 Å². The van der Waals surface area contributed by atoms with Crippen molar-refractivity contribution in [3.8, 4) is 11.4 Å². The largest absolute Gasteiger partial charge is 0.322 e. The number of carbonyl (C=O) groups is 1. The summed E-state index contributed by atoms with van der Waals surface area (Å²) in [5.41, 5.74) is 3.81. The third-order valence-corrected chi connectivity index (χ3v) is 4.06. The molecule has 26 heavy (non-hydrogen) atoms. The van der Waals surface area contributed by atoms with Crippen molar-refractivity contribution >= 4 is 11.6 Å². The summed E-state index contributed by atoms with van der Waals surface area (Å²) in [5.74, 6) is -0.196. The van der Waals surface area contributed by atoms with Gasteiger partial charge < -0.3 is 5.32 Å². The first-order valence-corrected chi connectivity index (χ1v) is 8.09. The summed E-state index contributed by atoms with van der Waals surface area (Å²) in [6.07, 6.45) is 4.68. The summed E-state index contributed by atoms with van der Waals surface area (Å²) < 4.78 is 3.41. The molecule has 0 aliphatic carbocycles. The first-order chi connectivity index (χ1) is 12.7. The van der Waals surface area contributed by atoms with E-state index in [2.05, 4.69) is 20.5 Å². The summed E-state index contributed by atoms with van der Waals surface area (Å²) in [6.45, 7) is 1.88. The van der Waals surface area contributed by atoms with Crippen molar-refractivity contribution < 1.29 is 4.79 Å². The third kappa shape index (κ3) is 2.98. The Morgan fingerprint density at radius 2 is 1.73 bits per heavy atom. The molecular formula is C19H16N6O. The van der Waals surface area contributed by atoms with Gasteiger partial charge in [0.25, 0.3) is 5.91 Å². The number of hydrogen-bond donors (Lipinski definition) is 1. The van der Waals surface area contributed by atoms with Crippen LogP contribution in [0.5, 0.6) is 0 Å². The summed E-state index contributed by atoms with van der Waals surface area (Å²) in [5, 5.41) is 11.3. The topological polar surface area (TPSA) is 77.6 Å². The summed E-state index contributed by atoms with van der Waals surface area (Å²) in [6, 6.07) is 17.1. The lowest BCUT2D eigenvalue weighted by Gasteiger charge is -2.07. The van der Waals surface area contributed by atoms with Gasteiger partial charge in [-0.15, -0.1) is 0 Å². The third-order valence-electron chi connectivity index (χ3n) is 4.06. The average Bonchev–Trinajstić information content (AvgIpc) is 3.33. The van der Waals surface area contributed by atoms with Crippen LogP contribution in [-0.4, -0.2) is 30.5 Å². The first-order valence-electron chi connectivity index (χ1n) is 8.09. The Balaban J connectivity index is 1.53. The van der Waals surface area contributed by atoms with Crippen LogP contribution in [0.1, 0.15) is 16.1 Å². The Morgan fingerprint density at radius 3 is 2.42 bits per heavy atom. The molecule has 128 valence electrons. The number of aromatic nitrogens is 5. The summed E-state index contributed by atoms with van der Waals surface area (Å²) in [4.78, 5) is 16.5. The van der Waals surface area contributed by atoms with Crippen LogP contribution in [0.25, 0.3) is 11.4 Å². The molecule has 1 N–H and O–H groups in total. The normalized spacial score (nSPS) is 10.7. The van der Waals surface area contributed by atoms with Crippen LogP contribution in [0.15, 0.2) is 73.4 Å². The second-order valence-electron chi connectivity index (χ2n) is 5.73. The molecule has 0 saturated carbocycles. The lowest BCUT2D eigenvalue weighted by Crippen LogP contribution is -2.13. The van der Waals surface area contributed by atoms with Crippen LogP contribution in [0.3, 0.4) is 0 Å². The minimum atomic E-state index is -0.196. The molecule has 4 aromatic rings. The van der Waals surface area contributed by atoms with Gasteiger partial charge in [-0.3, -0.25) is 4.79 Å². The van der Waals surface area contributed by atoms with Crippen LogP contribution in [0.2, 0.25) is 0 Å². The van der Waals surface area contributed by atoms with Crippen LogP contribution in [0.4, 0.5) is 5.69 Å². The maximum Gasteiger partial charge on any atom is 0.259 e. The molecule has 2 aromatic heterocycles. The van der Waals surface area contributed by atoms with Crippen molar-refractivity contribution in [1.29, 1.82) is 0 Å². The minimum Gasteiger partial charge on any atom is -0.322 e. The van der Waals surface area contributed by atoms with E-state index in [0.29, 0.717) is 11.3 Å². The van der Waals surface area contributed by atoms with Crippen molar-refractivity contribution in [2.24, 2.45) is 0 Å². The van der Waals surface area contributed by atoms with Gasteiger partial charge in [0.15, 0.2) is 0 Å². The highest BCUT2D eigenvalue weighted by molar-refractivity contribution is 6.05. The van der Waals surface area contributed by atoms with Gasteiger partial charge in [0.2, 0.25) is 0 Å². The molecule has 0 aliphatic heterocycles. The molecule has 0 atom stereocenters. The van der Waals surface area contributed by atoms with Crippen molar-refractivity contribution in [2.75, 3.05) is 5.32 Å². The monoisotopic (exact) mass is 344 g/mol. The maximum atomic E-state index is 12.6. The highest BCUT2D eigenvalue weighted by Gasteiger charge is 2.15. The lowest BCUT2D eigenvalue weighted by atomic mass is 10.2. The predicted octanol–water partition coefficient (Wildman–Crippen LogP) is 3.01. The fraction of sp³-hybridized carbons (Fsp3) is 0.0526. The number of para-hydroxylation sites is 1. The van der Waals surface area contributed by atoms with E-state index in [9.17, 15) is 4.79 Å². The smallest absolute Gasteiger partial charge is 0.259 e. The zero-order valence-corrected chi connectivity index (χ0v) is 14.1. The molecule has 7 nitrogen and oxygen atoms in total. The Hall–Kier alpha value is -3.74. The standard InChI is InChI=1S/C19H16N6O/c1-14-18(11-21-25(14)17-5-3-2-4-6-17)19(26)23-15-7-9-16(10-8-15)24-13-20-12-22-24/h2-13H,1H3,(H,23,26). The van der Waals surface area contributed by atoms with E-state index in [4.69, 9.17) is 0 Å². The molecule has 0 radical (unpaired) electrons. The van der Waals surface area contributed by atoms with Gasteiger partial charge in [-0.1, -0.05) is 18.2 Å². The number of nitrogens with one attached hydrogen (secondary N) is 1. The molecule has 2 heterocycles. The van der Waals surface area contributed by atoms with Crippen LogP contribution in [0, 0.1) is 6.92 Å². The quantitative estimate of drug-likeness (QED) is 0.617. The Morgan fingerprint density at radius 1 is 0.962 bits per heavy atom. The highest BCUT2D eigenvalue weighted by atomic mass is 16.1. The molecule has 0 bridgehead atoms. The molecule has 0 aliphatic rings. The molecule has 0 fully saturated rings. The zero-order valence-electron chi connectivity index (χ0n) is 14.1. The Bertz CT molecular complexity index is 1020. The number of carbonyl (C=O) groups excluding carboxylic acids is 1. The van der Waals surface area contributed by atoms with E-state index < -0.39 is 0 Å². The SMILES string of the molecule is Cc1c(C(=O)Nc2ccc(-n3cncn3)cc2)cnn1-c1ccccc1. The fourth-order valence-corrected chi connectivity index (χ4v) is 2.70. The number of rotatable bonds is 4. The molecule has 2 aromatic carbocycles. The van der Waals surface area contributed by atoms with Gasteiger partial charge >= 0.3 is 0 Å². The number of nitrogens with zero attached hydrogens (tertiary/aromatic N) is 5. The van der Waals surface area contributed by atoms with Gasteiger partial charge in [-0.05, 0) is 43.3 Å². The molecule has 0 spiro atoms. The van der Waals surface area contributed by atoms with Crippen molar-refractivity contribution in [1.82, 2.24) is 24.5 Å². The Kier molecular flexibility index (Phi) is 4.03. The van der Waals surface area contributed by atoms with E-state index in [-0.39, 0.29) is 5.91 Å². The molecular weight excluding hydrogens is 328 g/mol. The van der Waals surface area contributed by atoms with Gasteiger partial charge in [-0.2, -0.15) is 10.2 Å². The number of benzene rings is 2. The maximum absolute atomic E-state index is 12.6. The molecule has 4 rings (SSSR count). The molecule has 0 saturated heterocycles. The Labute approximate surface area is 149 Å². The summed E-state index contributed by atoms with van der Waals surface area (Å²) in [7, 11) is 0. The lowest BCUT2D eigenvalue weighted by molar-refractivity contribution is 0.102. The molecule has 1 amide bonds. The van der Waals surface area contributed by atoms with Crippen molar-refractivity contribution in [3.05, 3.63) is 84.7 Å². The zero-order chi connectivity index (χ0) is 17.9. The van der Waals surface area contributed by atoms with Gasteiger partial charge in [-0.25, -0.2) is 14.3 Å². The van der Waals surface area contributed by atoms with Crippen molar-refractivity contribution in [3.63, 3.8) is 0 Å². The van der Waals surface area contributed by atoms with Crippen LogP contribution >= 0.6 is 0 Å². The predicted molar refractivity (Wildman–Crippen MR) is 97.6 cm³/mol. The number of anilines is 1. The van der Waals surface area contributed by atoms with E-state index in [1.54, 1.807) is 21.9 Å². The first kappa shape index (κ1) is 15.8. The number of amides is 1. The number of hydrogen-bond acceptors (Lipinski definition) is 4. The second kappa shape index (κ2) is 6.64. The van der Waals surface area contributed by atoms with Gasteiger partial charge in [0.1, 0.15) is 12.7 Å². The fourth-order valence-electron chi connectivity index (χ4n) is 2.70. The van der Waals surface area contributed by atoms with E-state index in [1.165, 1.54) is 6.33 Å². The van der Waals surface area contributed by atoms with Gasteiger partial charge in [0.05, 0.1) is 28.8 Å². The van der Waals surface area contributed by atoms with Crippen LogP contribution < -0.4 is 5.32 Å². The highest BCUT2D eigenvalue weighted by Crippen LogP contribution is 2.17. The van der Waals surface area contributed by atoms with E-state index >= 15 is 0 Å².